The number of rotatable bonds is 6. The molecule has 2 saturated heterocycles. The highest BCUT2D eigenvalue weighted by molar-refractivity contribution is 5.84. The molecular formula is C16H30N2O2. The summed E-state index contributed by atoms with van der Waals surface area (Å²) in [4.78, 5) is 17.3. The molecule has 2 aliphatic rings. The molecule has 0 bridgehead atoms. The van der Waals surface area contributed by atoms with E-state index in [1.165, 1.54) is 6.42 Å². The van der Waals surface area contributed by atoms with E-state index in [4.69, 9.17) is 4.74 Å². The van der Waals surface area contributed by atoms with E-state index in [0.29, 0.717) is 12.5 Å². The quantitative estimate of drug-likeness (QED) is 0.747. The molecule has 2 fully saturated rings. The van der Waals surface area contributed by atoms with Gasteiger partial charge in [-0.2, -0.15) is 0 Å². The van der Waals surface area contributed by atoms with Gasteiger partial charge in [-0.15, -0.1) is 0 Å². The number of likely N-dealkylation sites (tertiary alicyclic amines) is 2. The Morgan fingerprint density at radius 1 is 1.25 bits per heavy atom. The molecule has 2 heterocycles. The molecule has 0 aliphatic carbocycles. The first-order valence-electron chi connectivity index (χ1n) is 8.08. The summed E-state index contributed by atoms with van der Waals surface area (Å²) < 4.78 is 5.13. The van der Waals surface area contributed by atoms with Crippen molar-refractivity contribution >= 4 is 5.91 Å². The van der Waals surface area contributed by atoms with Gasteiger partial charge in [0.25, 0.3) is 0 Å². The molecule has 0 saturated carbocycles. The van der Waals surface area contributed by atoms with Crippen LogP contribution in [0.25, 0.3) is 0 Å². The first-order valence-corrected chi connectivity index (χ1v) is 8.08. The molecule has 20 heavy (non-hydrogen) atoms. The first-order chi connectivity index (χ1) is 9.57. The molecule has 2 aliphatic heterocycles. The van der Waals surface area contributed by atoms with E-state index >= 15 is 0 Å². The number of nitrogens with zero attached hydrogens (tertiary/aromatic N) is 2. The fourth-order valence-electron chi connectivity index (χ4n) is 3.54. The fraction of sp³-hybridized carbons (Fsp3) is 0.938. The number of carbonyl (C=O) groups excluding carboxylic acids is 1. The second-order valence-corrected chi connectivity index (χ2v) is 6.88. The van der Waals surface area contributed by atoms with E-state index in [1.54, 1.807) is 7.11 Å². The van der Waals surface area contributed by atoms with Crippen molar-refractivity contribution in [2.24, 2.45) is 11.3 Å². The Kier molecular flexibility index (Phi) is 5.44. The maximum Gasteiger partial charge on any atom is 0.230 e. The van der Waals surface area contributed by atoms with Gasteiger partial charge in [-0.05, 0) is 44.7 Å². The minimum Gasteiger partial charge on any atom is -0.383 e. The lowest BCUT2D eigenvalue weighted by Gasteiger charge is -2.39. The van der Waals surface area contributed by atoms with Crippen molar-refractivity contribution in [3.8, 4) is 0 Å². The van der Waals surface area contributed by atoms with Crippen molar-refractivity contribution in [2.45, 2.75) is 39.5 Å². The number of ether oxygens (including phenoxy) is 1. The van der Waals surface area contributed by atoms with Gasteiger partial charge in [-0.3, -0.25) is 4.79 Å². The predicted octanol–water partition coefficient (Wildman–Crippen LogP) is 1.99. The SMILES string of the molecule is COCCN1CCCC2(CCN(CCC(C)C)C2)C1=O. The third-order valence-electron chi connectivity index (χ3n) is 4.85. The van der Waals surface area contributed by atoms with Gasteiger partial charge in [0, 0.05) is 26.7 Å². The van der Waals surface area contributed by atoms with E-state index in [-0.39, 0.29) is 5.41 Å². The number of hydrogen-bond donors (Lipinski definition) is 0. The standard InChI is InChI=1S/C16H30N2O2/c1-14(2)5-9-17-10-7-16(13-17)6-4-8-18(15(16)19)11-12-20-3/h14H,4-13H2,1-3H3. The molecule has 1 unspecified atom stereocenters. The topological polar surface area (TPSA) is 32.8 Å². The second-order valence-electron chi connectivity index (χ2n) is 6.88. The summed E-state index contributed by atoms with van der Waals surface area (Å²) in [5.74, 6) is 1.12. The van der Waals surface area contributed by atoms with E-state index in [2.05, 4.69) is 18.7 Å². The van der Waals surface area contributed by atoms with Gasteiger partial charge >= 0.3 is 0 Å². The number of hydrogen-bond acceptors (Lipinski definition) is 3. The van der Waals surface area contributed by atoms with Crippen molar-refractivity contribution in [1.82, 2.24) is 9.80 Å². The first kappa shape index (κ1) is 15.8. The number of amides is 1. The van der Waals surface area contributed by atoms with Gasteiger partial charge in [0.2, 0.25) is 5.91 Å². The Bertz CT molecular complexity index is 332. The van der Waals surface area contributed by atoms with Crippen molar-refractivity contribution in [1.29, 1.82) is 0 Å². The Morgan fingerprint density at radius 2 is 2.05 bits per heavy atom. The normalized spacial score (nSPS) is 28.0. The van der Waals surface area contributed by atoms with Crippen molar-refractivity contribution < 1.29 is 9.53 Å². The van der Waals surface area contributed by atoms with Gasteiger partial charge in [-0.25, -0.2) is 0 Å². The highest BCUT2D eigenvalue weighted by atomic mass is 16.5. The lowest BCUT2D eigenvalue weighted by Crippen LogP contribution is -2.51. The lowest BCUT2D eigenvalue weighted by atomic mass is 9.78. The Morgan fingerprint density at radius 3 is 2.75 bits per heavy atom. The van der Waals surface area contributed by atoms with Crippen LogP contribution in [-0.4, -0.2) is 62.1 Å². The van der Waals surface area contributed by atoms with Crippen LogP contribution in [0.2, 0.25) is 0 Å². The Balaban J connectivity index is 1.91. The smallest absolute Gasteiger partial charge is 0.230 e. The third kappa shape index (κ3) is 3.53. The van der Waals surface area contributed by atoms with Gasteiger partial charge in [0.15, 0.2) is 0 Å². The summed E-state index contributed by atoms with van der Waals surface area (Å²) in [6.45, 7) is 10.1. The molecule has 1 amide bonds. The molecule has 0 aromatic heterocycles. The average molecular weight is 282 g/mol. The molecule has 1 spiro atoms. The van der Waals surface area contributed by atoms with Crippen LogP contribution in [0.4, 0.5) is 0 Å². The zero-order chi connectivity index (χ0) is 14.6. The minimum absolute atomic E-state index is 0.0804. The summed E-state index contributed by atoms with van der Waals surface area (Å²) >= 11 is 0. The second kappa shape index (κ2) is 6.90. The minimum atomic E-state index is -0.0804. The van der Waals surface area contributed by atoms with Crippen LogP contribution in [0.1, 0.15) is 39.5 Å². The van der Waals surface area contributed by atoms with E-state index in [9.17, 15) is 4.79 Å². The molecule has 0 radical (unpaired) electrons. The van der Waals surface area contributed by atoms with Crippen LogP contribution < -0.4 is 0 Å². The van der Waals surface area contributed by atoms with Crippen LogP contribution >= 0.6 is 0 Å². The lowest BCUT2D eigenvalue weighted by molar-refractivity contribution is -0.146. The molecule has 0 aromatic rings. The van der Waals surface area contributed by atoms with Crippen LogP contribution in [-0.2, 0) is 9.53 Å². The molecule has 1 atom stereocenters. The zero-order valence-electron chi connectivity index (χ0n) is 13.4. The molecule has 0 N–H and O–H groups in total. The summed E-state index contributed by atoms with van der Waals surface area (Å²) in [5.41, 5.74) is -0.0804. The maximum absolute atomic E-state index is 12.8. The highest BCUT2D eigenvalue weighted by Gasteiger charge is 2.47. The Labute approximate surface area is 123 Å². The van der Waals surface area contributed by atoms with Crippen molar-refractivity contribution in [3.63, 3.8) is 0 Å². The molecule has 4 nitrogen and oxygen atoms in total. The molecule has 0 aromatic carbocycles. The van der Waals surface area contributed by atoms with Gasteiger partial charge in [0.05, 0.1) is 12.0 Å². The van der Waals surface area contributed by atoms with Crippen LogP contribution in [0.15, 0.2) is 0 Å². The third-order valence-corrected chi connectivity index (χ3v) is 4.85. The van der Waals surface area contributed by atoms with Crippen LogP contribution in [0.3, 0.4) is 0 Å². The number of methoxy groups -OCH3 is 1. The molecule has 2 rings (SSSR count). The van der Waals surface area contributed by atoms with Crippen LogP contribution in [0, 0.1) is 11.3 Å². The largest absolute Gasteiger partial charge is 0.383 e. The summed E-state index contributed by atoms with van der Waals surface area (Å²) in [5, 5.41) is 0. The predicted molar refractivity (Wildman–Crippen MR) is 80.6 cm³/mol. The summed E-state index contributed by atoms with van der Waals surface area (Å²) in [6, 6.07) is 0. The maximum atomic E-state index is 12.8. The van der Waals surface area contributed by atoms with Crippen molar-refractivity contribution in [3.05, 3.63) is 0 Å². The fourth-order valence-corrected chi connectivity index (χ4v) is 3.54. The highest BCUT2D eigenvalue weighted by Crippen LogP contribution is 2.40. The van der Waals surface area contributed by atoms with Gasteiger partial charge in [-0.1, -0.05) is 13.8 Å². The Hall–Kier alpha value is -0.610. The molecular weight excluding hydrogens is 252 g/mol. The van der Waals surface area contributed by atoms with Gasteiger partial charge in [0.1, 0.15) is 0 Å². The molecule has 4 heteroatoms. The monoisotopic (exact) mass is 282 g/mol. The van der Waals surface area contributed by atoms with E-state index in [0.717, 1.165) is 57.9 Å². The van der Waals surface area contributed by atoms with Crippen molar-refractivity contribution in [2.75, 3.05) is 46.4 Å². The van der Waals surface area contributed by atoms with E-state index in [1.807, 2.05) is 4.90 Å². The average Bonchev–Trinajstić information content (AvgIpc) is 2.83. The number of piperidine rings is 1. The number of carbonyl (C=O) groups is 1. The summed E-state index contributed by atoms with van der Waals surface area (Å²) in [6.07, 6.45) is 4.51. The van der Waals surface area contributed by atoms with E-state index < -0.39 is 0 Å². The summed E-state index contributed by atoms with van der Waals surface area (Å²) in [7, 11) is 1.70. The van der Waals surface area contributed by atoms with Gasteiger partial charge < -0.3 is 14.5 Å². The zero-order valence-corrected chi connectivity index (χ0v) is 13.4. The van der Waals surface area contributed by atoms with Crippen LogP contribution in [0.5, 0.6) is 0 Å². The molecule has 116 valence electrons.